The highest BCUT2D eigenvalue weighted by Crippen LogP contribution is 2.22. The number of ether oxygens (including phenoxy) is 1. The van der Waals surface area contributed by atoms with Crippen LogP contribution in [-0.2, 0) is 4.79 Å². The van der Waals surface area contributed by atoms with Crippen molar-refractivity contribution in [2.75, 3.05) is 19.7 Å². The first-order valence-corrected chi connectivity index (χ1v) is 7.55. The van der Waals surface area contributed by atoms with Crippen LogP contribution in [0.1, 0.15) is 19.8 Å². The molecule has 122 valence electrons. The maximum absolute atomic E-state index is 12.8. The number of β-amino-alcohol motifs (C(OH)–C–C–N with tert-alkyl or cyclic N) is 1. The van der Waals surface area contributed by atoms with Gasteiger partial charge in [0.1, 0.15) is 24.3 Å². The number of hydrogen-bond donors (Lipinski definition) is 2. The van der Waals surface area contributed by atoms with E-state index in [0.717, 1.165) is 12.8 Å². The normalized spacial score (nSPS) is 24.0. The molecule has 0 aromatic heterocycles. The van der Waals surface area contributed by atoms with E-state index in [4.69, 9.17) is 10.5 Å². The van der Waals surface area contributed by atoms with Crippen LogP contribution >= 0.6 is 0 Å². The molecule has 0 unspecified atom stereocenters. The second-order valence-electron chi connectivity index (χ2n) is 5.90. The van der Waals surface area contributed by atoms with Crippen LogP contribution in [-0.4, -0.2) is 47.8 Å². The summed E-state index contributed by atoms with van der Waals surface area (Å²) >= 11 is 0. The average molecular weight is 310 g/mol. The van der Waals surface area contributed by atoms with Crippen molar-refractivity contribution in [1.82, 2.24) is 4.90 Å². The third-order valence-electron chi connectivity index (χ3n) is 4.11. The lowest BCUT2D eigenvalue weighted by Gasteiger charge is -2.37. The Balaban J connectivity index is 1.81. The summed E-state index contributed by atoms with van der Waals surface area (Å²) in [6, 6.07) is 5.97. The fourth-order valence-electron chi connectivity index (χ4n) is 2.71. The van der Waals surface area contributed by atoms with Crippen LogP contribution in [0, 0.1) is 11.7 Å². The number of carbonyl (C=O) groups is 1. The van der Waals surface area contributed by atoms with Crippen molar-refractivity contribution >= 4 is 5.91 Å². The Morgan fingerprint density at radius 2 is 2.14 bits per heavy atom. The van der Waals surface area contributed by atoms with E-state index in [-0.39, 0.29) is 24.2 Å². The van der Waals surface area contributed by atoms with Crippen LogP contribution in [0.5, 0.6) is 5.75 Å². The number of nitrogens with two attached hydrogens (primary N) is 1. The van der Waals surface area contributed by atoms with Gasteiger partial charge in [0.25, 0.3) is 0 Å². The molecule has 5 nitrogen and oxygen atoms in total. The van der Waals surface area contributed by atoms with Gasteiger partial charge in [-0.3, -0.25) is 9.69 Å². The Kier molecular flexibility index (Phi) is 5.74. The maximum Gasteiger partial charge on any atom is 0.221 e. The Bertz CT molecular complexity index is 495. The predicted molar refractivity (Wildman–Crippen MR) is 80.9 cm³/mol. The van der Waals surface area contributed by atoms with Crippen LogP contribution in [0.25, 0.3) is 0 Å². The number of carbonyl (C=O) groups excluding carboxylic acids is 1. The maximum atomic E-state index is 12.8. The molecule has 0 aliphatic carbocycles. The number of halogens is 1. The van der Waals surface area contributed by atoms with Crippen molar-refractivity contribution in [2.45, 2.75) is 31.9 Å². The molecule has 1 aliphatic heterocycles. The van der Waals surface area contributed by atoms with Crippen LogP contribution < -0.4 is 10.5 Å². The van der Waals surface area contributed by atoms with Crippen molar-refractivity contribution in [3.8, 4) is 5.75 Å². The minimum atomic E-state index is -0.681. The zero-order chi connectivity index (χ0) is 16.1. The standard InChI is InChI=1S/C16H23FN2O3/c1-11-2-3-12(16(18)21)8-19(11)9-14(20)10-22-15-6-4-13(17)5-7-15/h4-7,11-12,14,20H,2-3,8-10H2,1H3,(H2,18,21)/t11-,12-,14+/m1/s1. The molecule has 1 fully saturated rings. The van der Waals surface area contributed by atoms with Crippen molar-refractivity contribution in [3.63, 3.8) is 0 Å². The summed E-state index contributed by atoms with van der Waals surface area (Å²) in [6.07, 6.45) is 1.01. The lowest BCUT2D eigenvalue weighted by atomic mass is 9.93. The number of aliphatic hydroxyl groups is 1. The molecule has 0 bridgehead atoms. The van der Waals surface area contributed by atoms with Gasteiger partial charge in [-0.2, -0.15) is 0 Å². The summed E-state index contributed by atoms with van der Waals surface area (Å²) in [5.74, 6) is -0.245. The van der Waals surface area contributed by atoms with E-state index in [2.05, 4.69) is 11.8 Å². The molecular weight excluding hydrogens is 287 g/mol. The third-order valence-corrected chi connectivity index (χ3v) is 4.11. The Morgan fingerprint density at radius 3 is 2.77 bits per heavy atom. The van der Waals surface area contributed by atoms with E-state index >= 15 is 0 Å². The molecule has 0 saturated carbocycles. The second kappa shape index (κ2) is 7.56. The lowest BCUT2D eigenvalue weighted by molar-refractivity contribution is -0.124. The SMILES string of the molecule is C[C@@H]1CC[C@@H](C(N)=O)CN1C[C@H](O)COc1ccc(F)cc1. The number of nitrogens with zero attached hydrogens (tertiary/aromatic N) is 1. The van der Waals surface area contributed by atoms with Gasteiger partial charge in [-0.05, 0) is 44.0 Å². The molecular formula is C16H23FN2O3. The fraction of sp³-hybridized carbons (Fsp3) is 0.562. The van der Waals surface area contributed by atoms with Crippen LogP contribution in [0.4, 0.5) is 4.39 Å². The Morgan fingerprint density at radius 1 is 1.45 bits per heavy atom. The van der Waals surface area contributed by atoms with Gasteiger partial charge in [-0.15, -0.1) is 0 Å². The molecule has 0 radical (unpaired) electrons. The van der Waals surface area contributed by atoms with E-state index in [1.54, 1.807) is 0 Å². The summed E-state index contributed by atoms with van der Waals surface area (Å²) in [5, 5.41) is 10.1. The molecule has 3 N–H and O–H groups in total. The summed E-state index contributed by atoms with van der Waals surface area (Å²) in [7, 11) is 0. The molecule has 1 aromatic carbocycles. The fourth-order valence-corrected chi connectivity index (χ4v) is 2.71. The highest BCUT2D eigenvalue weighted by Gasteiger charge is 2.29. The van der Waals surface area contributed by atoms with Gasteiger partial charge < -0.3 is 15.6 Å². The van der Waals surface area contributed by atoms with Crippen LogP contribution in [0.2, 0.25) is 0 Å². The molecule has 3 atom stereocenters. The van der Waals surface area contributed by atoms with E-state index in [0.29, 0.717) is 24.9 Å². The van der Waals surface area contributed by atoms with Gasteiger partial charge >= 0.3 is 0 Å². The summed E-state index contributed by atoms with van der Waals surface area (Å²) in [6.45, 7) is 3.19. The van der Waals surface area contributed by atoms with E-state index in [1.807, 2.05) is 0 Å². The molecule has 1 amide bonds. The van der Waals surface area contributed by atoms with Crippen molar-refractivity contribution < 1.29 is 19.0 Å². The molecule has 1 saturated heterocycles. The van der Waals surface area contributed by atoms with Gasteiger partial charge in [0.15, 0.2) is 0 Å². The van der Waals surface area contributed by atoms with Gasteiger partial charge in [0, 0.05) is 19.1 Å². The van der Waals surface area contributed by atoms with Gasteiger partial charge in [-0.25, -0.2) is 4.39 Å². The zero-order valence-electron chi connectivity index (χ0n) is 12.7. The first-order valence-electron chi connectivity index (χ1n) is 7.55. The lowest BCUT2D eigenvalue weighted by Crippen LogP contribution is -2.49. The van der Waals surface area contributed by atoms with E-state index in [9.17, 15) is 14.3 Å². The highest BCUT2D eigenvalue weighted by molar-refractivity contribution is 5.76. The quantitative estimate of drug-likeness (QED) is 0.826. The molecule has 6 heteroatoms. The van der Waals surface area contributed by atoms with Crippen molar-refractivity contribution in [2.24, 2.45) is 11.7 Å². The molecule has 1 heterocycles. The number of primary amides is 1. The number of rotatable bonds is 6. The molecule has 2 rings (SSSR count). The highest BCUT2D eigenvalue weighted by atomic mass is 19.1. The first kappa shape index (κ1) is 16.7. The van der Waals surface area contributed by atoms with Crippen LogP contribution in [0.15, 0.2) is 24.3 Å². The average Bonchev–Trinajstić information content (AvgIpc) is 2.48. The smallest absolute Gasteiger partial charge is 0.221 e. The van der Waals surface area contributed by atoms with Gasteiger partial charge in [0.2, 0.25) is 5.91 Å². The number of amides is 1. The number of aliphatic hydroxyl groups excluding tert-OH is 1. The van der Waals surface area contributed by atoms with Gasteiger partial charge in [-0.1, -0.05) is 0 Å². The summed E-state index contributed by atoms with van der Waals surface area (Å²) in [4.78, 5) is 13.4. The number of piperidine rings is 1. The second-order valence-corrected chi connectivity index (χ2v) is 5.90. The zero-order valence-corrected chi connectivity index (χ0v) is 12.7. The topological polar surface area (TPSA) is 75.8 Å². The molecule has 22 heavy (non-hydrogen) atoms. The predicted octanol–water partition coefficient (Wildman–Crippen LogP) is 1.15. The molecule has 0 spiro atoms. The first-order chi connectivity index (χ1) is 10.5. The Labute approximate surface area is 129 Å². The Hall–Kier alpha value is -1.66. The molecule has 1 aromatic rings. The summed E-state index contributed by atoms with van der Waals surface area (Å²) < 4.78 is 18.2. The third kappa shape index (κ3) is 4.68. The minimum Gasteiger partial charge on any atom is -0.491 e. The van der Waals surface area contributed by atoms with E-state index in [1.165, 1.54) is 24.3 Å². The molecule has 1 aliphatic rings. The summed E-state index contributed by atoms with van der Waals surface area (Å²) in [5.41, 5.74) is 5.37. The van der Waals surface area contributed by atoms with Crippen molar-refractivity contribution in [3.05, 3.63) is 30.1 Å². The monoisotopic (exact) mass is 310 g/mol. The van der Waals surface area contributed by atoms with Gasteiger partial charge in [0.05, 0.1) is 5.92 Å². The van der Waals surface area contributed by atoms with E-state index < -0.39 is 6.10 Å². The number of benzene rings is 1. The minimum absolute atomic E-state index is 0.121. The largest absolute Gasteiger partial charge is 0.491 e. The van der Waals surface area contributed by atoms with Crippen molar-refractivity contribution in [1.29, 1.82) is 0 Å². The van der Waals surface area contributed by atoms with Crippen LogP contribution in [0.3, 0.4) is 0 Å². The number of likely N-dealkylation sites (tertiary alicyclic amines) is 1. The number of hydrogen-bond acceptors (Lipinski definition) is 4.